The normalized spacial score (nSPS) is 22.5. The Morgan fingerprint density at radius 3 is 2.84 bits per heavy atom. The van der Waals surface area contributed by atoms with E-state index in [0.717, 1.165) is 41.6 Å². The fourth-order valence-corrected chi connectivity index (χ4v) is 3.31. The Labute approximate surface area is 122 Å². The summed E-state index contributed by atoms with van der Waals surface area (Å²) >= 11 is 3.46. The predicted octanol–water partition coefficient (Wildman–Crippen LogP) is 3.10. The molecule has 1 aliphatic rings. The largest absolute Gasteiger partial charge is 0.496 e. The summed E-state index contributed by atoms with van der Waals surface area (Å²) in [5.41, 5.74) is 0.728. The molecule has 1 aromatic rings. The lowest BCUT2D eigenvalue weighted by atomic mass is 9.86. The van der Waals surface area contributed by atoms with Gasteiger partial charge in [-0.05, 0) is 59.4 Å². The minimum atomic E-state index is -0.299. The molecular formula is C15H20BrNO2. The zero-order valence-corrected chi connectivity index (χ0v) is 13.0. The van der Waals surface area contributed by atoms with Crippen molar-refractivity contribution in [2.45, 2.75) is 38.1 Å². The third kappa shape index (κ3) is 3.00. The molecule has 1 unspecified atom stereocenters. The van der Waals surface area contributed by atoms with Gasteiger partial charge in [0, 0.05) is 6.42 Å². The highest BCUT2D eigenvalue weighted by Gasteiger charge is 2.38. The Balaban J connectivity index is 2.12. The highest BCUT2D eigenvalue weighted by Crippen LogP contribution is 2.28. The van der Waals surface area contributed by atoms with E-state index in [1.807, 2.05) is 18.2 Å². The maximum Gasteiger partial charge on any atom is 0.157 e. The maximum absolute atomic E-state index is 12.5. The molecule has 0 saturated carbocycles. The Morgan fingerprint density at radius 1 is 1.53 bits per heavy atom. The fourth-order valence-electron chi connectivity index (χ4n) is 2.72. The number of rotatable bonds is 5. The highest BCUT2D eigenvalue weighted by atomic mass is 79.9. The minimum absolute atomic E-state index is 0.296. The van der Waals surface area contributed by atoms with Crippen molar-refractivity contribution in [2.75, 3.05) is 13.7 Å². The summed E-state index contributed by atoms with van der Waals surface area (Å²) in [5.74, 6) is 1.09. The molecule has 1 saturated heterocycles. The summed E-state index contributed by atoms with van der Waals surface area (Å²) < 4.78 is 6.10. The van der Waals surface area contributed by atoms with E-state index in [-0.39, 0.29) is 5.54 Å². The quantitative estimate of drug-likeness (QED) is 0.904. The van der Waals surface area contributed by atoms with Crippen LogP contribution >= 0.6 is 15.9 Å². The van der Waals surface area contributed by atoms with Crippen LogP contribution < -0.4 is 10.1 Å². The van der Waals surface area contributed by atoms with Crippen molar-refractivity contribution in [3.05, 3.63) is 28.2 Å². The Morgan fingerprint density at radius 2 is 2.32 bits per heavy atom. The standard InChI is InChI=1S/C15H20BrNO2/c1-3-15(7-4-8-17-15)14(18)10-11-5-6-13(19-2)12(16)9-11/h5-6,9,17H,3-4,7-8,10H2,1-2H3. The number of halogens is 1. The number of benzene rings is 1. The van der Waals surface area contributed by atoms with E-state index < -0.39 is 0 Å². The monoisotopic (exact) mass is 325 g/mol. The summed E-state index contributed by atoms with van der Waals surface area (Å²) in [4.78, 5) is 12.5. The molecule has 3 nitrogen and oxygen atoms in total. The van der Waals surface area contributed by atoms with Crippen LogP contribution in [-0.4, -0.2) is 25.0 Å². The molecule has 0 amide bonds. The first-order valence-electron chi connectivity index (χ1n) is 6.72. The van der Waals surface area contributed by atoms with Gasteiger partial charge in [-0.1, -0.05) is 13.0 Å². The zero-order valence-electron chi connectivity index (χ0n) is 11.5. The van der Waals surface area contributed by atoms with E-state index in [2.05, 4.69) is 28.2 Å². The van der Waals surface area contributed by atoms with Crippen LogP contribution in [0.1, 0.15) is 31.7 Å². The summed E-state index contributed by atoms with van der Waals surface area (Å²) in [7, 11) is 1.64. The van der Waals surface area contributed by atoms with E-state index in [1.54, 1.807) is 7.11 Å². The summed E-state index contributed by atoms with van der Waals surface area (Å²) in [6, 6.07) is 5.82. The third-order valence-corrected chi connectivity index (χ3v) is 4.58. The first-order valence-corrected chi connectivity index (χ1v) is 7.51. The van der Waals surface area contributed by atoms with Crippen LogP contribution in [-0.2, 0) is 11.2 Å². The summed E-state index contributed by atoms with van der Waals surface area (Å²) in [5, 5.41) is 3.39. The van der Waals surface area contributed by atoms with E-state index in [1.165, 1.54) is 0 Å². The molecule has 0 spiro atoms. The lowest BCUT2D eigenvalue weighted by Crippen LogP contribution is -2.47. The number of hydrogen-bond donors (Lipinski definition) is 1. The number of hydrogen-bond acceptors (Lipinski definition) is 3. The second kappa shape index (κ2) is 6.06. The number of nitrogens with one attached hydrogen (secondary N) is 1. The molecule has 19 heavy (non-hydrogen) atoms. The van der Waals surface area contributed by atoms with Crippen molar-refractivity contribution in [3.63, 3.8) is 0 Å². The van der Waals surface area contributed by atoms with Gasteiger partial charge < -0.3 is 10.1 Å². The molecule has 1 fully saturated rings. The average molecular weight is 326 g/mol. The lowest BCUT2D eigenvalue weighted by Gasteiger charge is -2.26. The molecule has 0 aliphatic carbocycles. The number of carbonyl (C=O) groups excluding carboxylic acids is 1. The highest BCUT2D eigenvalue weighted by molar-refractivity contribution is 9.10. The zero-order chi connectivity index (χ0) is 13.9. The third-order valence-electron chi connectivity index (χ3n) is 3.96. The second-order valence-corrected chi connectivity index (χ2v) is 5.89. The van der Waals surface area contributed by atoms with Crippen LogP contribution in [0.15, 0.2) is 22.7 Å². The smallest absolute Gasteiger partial charge is 0.157 e. The molecule has 104 valence electrons. The molecule has 2 rings (SSSR count). The molecule has 4 heteroatoms. The molecule has 1 aliphatic heterocycles. The van der Waals surface area contributed by atoms with E-state index >= 15 is 0 Å². The SMILES string of the molecule is CCC1(C(=O)Cc2ccc(OC)c(Br)c2)CCCN1. The molecule has 0 radical (unpaired) electrons. The van der Waals surface area contributed by atoms with Gasteiger partial charge in [-0.2, -0.15) is 0 Å². The van der Waals surface area contributed by atoms with Crippen LogP contribution in [0.2, 0.25) is 0 Å². The second-order valence-electron chi connectivity index (χ2n) is 5.03. The number of ether oxygens (including phenoxy) is 1. The first-order chi connectivity index (χ1) is 9.11. The van der Waals surface area contributed by atoms with Crippen LogP contribution in [0.4, 0.5) is 0 Å². The van der Waals surface area contributed by atoms with Gasteiger partial charge in [0.25, 0.3) is 0 Å². The maximum atomic E-state index is 12.5. The van der Waals surface area contributed by atoms with E-state index in [4.69, 9.17) is 4.74 Å². The van der Waals surface area contributed by atoms with Gasteiger partial charge in [-0.3, -0.25) is 4.79 Å². The molecule has 1 N–H and O–H groups in total. The van der Waals surface area contributed by atoms with Crippen molar-refractivity contribution >= 4 is 21.7 Å². The topological polar surface area (TPSA) is 38.3 Å². The fraction of sp³-hybridized carbons (Fsp3) is 0.533. The number of carbonyl (C=O) groups is 1. The number of ketones is 1. The van der Waals surface area contributed by atoms with Gasteiger partial charge in [0.05, 0.1) is 17.1 Å². The average Bonchev–Trinajstić information content (AvgIpc) is 2.89. The molecule has 1 atom stereocenters. The lowest BCUT2D eigenvalue weighted by molar-refractivity contribution is -0.124. The molecule has 1 heterocycles. The van der Waals surface area contributed by atoms with Crippen molar-refractivity contribution < 1.29 is 9.53 Å². The molecule has 0 aromatic heterocycles. The van der Waals surface area contributed by atoms with Gasteiger partial charge in [0.15, 0.2) is 5.78 Å². The van der Waals surface area contributed by atoms with Crippen LogP contribution in [0.3, 0.4) is 0 Å². The summed E-state index contributed by atoms with van der Waals surface area (Å²) in [6.45, 7) is 3.03. The van der Waals surface area contributed by atoms with Crippen molar-refractivity contribution in [1.82, 2.24) is 5.32 Å². The summed E-state index contributed by atoms with van der Waals surface area (Å²) in [6.07, 6.45) is 3.39. The van der Waals surface area contributed by atoms with Crippen LogP contribution in [0, 0.1) is 0 Å². The van der Waals surface area contributed by atoms with Crippen molar-refractivity contribution in [1.29, 1.82) is 0 Å². The molecule has 1 aromatic carbocycles. The molecule has 0 bridgehead atoms. The van der Waals surface area contributed by atoms with E-state index in [0.29, 0.717) is 12.2 Å². The van der Waals surface area contributed by atoms with Gasteiger partial charge in [-0.25, -0.2) is 0 Å². The van der Waals surface area contributed by atoms with Crippen LogP contribution in [0.5, 0.6) is 5.75 Å². The molecular weight excluding hydrogens is 306 g/mol. The minimum Gasteiger partial charge on any atom is -0.496 e. The first kappa shape index (κ1) is 14.5. The van der Waals surface area contributed by atoms with Gasteiger partial charge >= 0.3 is 0 Å². The van der Waals surface area contributed by atoms with Gasteiger partial charge in [-0.15, -0.1) is 0 Å². The predicted molar refractivity (Wildman–Crippen MR) is 79.7 cm³/mol. The van der Waals surface area contributed by atoms with Crippen LogP contribution in [0.25, 0.3) is 0 Å². The van der Waals surface area contributed by atoms with E-state index in [9.17, 15) is 4.79 Å². The Bertz CT molecular complexity index is 467. The number of Topliss-reactive ketones (excluding diaryl/α,β-unsaturated/α-hetero) is 1. The number of methoxy groups -OCH3 is 1. The van der Waals surface area contributed by atoms with Crippen molar-refractivity contribution in [2.24, 2.45) is 0 Å². The van der Waals surface area contributed by atoms with Gasteiger partial charge in [0.1, 0.15) is 5.75 Å². The Hall–Kier alpha value is -0.870. The Kier molecular flexibility index (Phi) is 4.63. The van der Waals surface area contributed by atoms with Crippen molar-refractivity contribution in [3.8, 4) is 5.75 Å². The van der Waals surface area contributed by atoms with Gasteiger partial charge in [0.2, 0.25) is 0 Å².